The van der Waals surface area contributed by atoms with Crippen LogP contribution in [0.1, 0.15) is 46.0 Å². The Morgan fingerprint density at radius 2 is 2.06 bits per heavy atom. The lowest BCUT2D eigenvalue weighted by molar-refractivity contribution is -0.137. The number of likely N-dealkylation sites (tertiary alicyclic amines) is 1. The lowest BCUT2D eigenvalue weighted by Crippen LogP contribution is -2.45. The van der Waals surface area contributed by atoms with Crippen LogP contribution in [0.4, 0.5) is 0 Å². The number of halogens is 1. The summed E-state index contributed by atoms with van der Waals surface area (Å²) in [6.45, 7) is 6.04. The third kappa shape index (κ3) is 3.14. The Balaban J connectivity index is 0.00000144. The van der Waals surface area contributed by atoms with Gasteiger partial charge in [0.05, 0.1) is 0 Å². The van der Waals surface area contributed by atoms with Gasteiger partial charge in [0, 0.05) is 18.5 Å². The summed E-state index contributed by atoms with van der Waals surface area (Å²) >= 11 is 0. The number of hydrogen-bond donors (Lipinski definition) is 1. The summed E-state index contributed by atoms with van der Waals surface area (Å²) in [6.07, 6.45) is 5.61. The summed E-state index contributed by atoms with van der Waals surface area (Å²) in [7, 11) is 0. The van der Waals surface area contributed by atoms with E-state index in [4.69, 9.17) is 5.73 Å². The average molecular weight is 261 g/mol. The normalized spacial score (nSPS) is 30.6. The van der Waals surface area contributed by atoms with E-state index in [1.54, 1.807) is 0 Å². The standard InChI is InChI=1S/C13H24N2O.ClH/c1-13(2)9-11(13)12(16)15-8-4-3-5-10(15)6-7-14;/h10-11H,3-9,14H2,1-2H3;1H. The lowest BCUT2D eigenvalue weighted by Gasteiger charge is -2.36. The molecule has 0 aromatic rings. The molecule has 100 valence electrons. The van der Waals surface area contributed by atoms with Gasteiger partial charge in [0.1, 0.15) is 0 Å². The van der Waals surface area contributed by atoms with Gasteiger partial charge in [0.2, 0.25) is 5.91 Å². The Bertz CT molecular complexity index is 279. The highest BCUT2D eigenvalue weighted by Gasteiger charge is 2.52. The fraction of sp³-hybridized carbons (Fsp3) is 0.923. The molecule has 2 unspecified atom stereocenters. The van der Waals surface area contributed by atoms with Crippen molar-refractivity contribution in [2.24, 2.45) is 17.1 Å². The second-order valence-corrected chi connectivity index (χ2v) is 6.00. The first-order chi connectivity index (χ1) is 7.56. The molecule has 2 rings (SSSR count). The van der Waals surface area contributed by atoms with Crippen LogP contribution in [0, 0.1) is 11.3 Å². The Morgan fingerprint density at radius 1 is 1.41 bits per heavy atom. The van der Waals surface area contributed by atoms with Crippen molar-refractivity contribution in [3.05, 3.63) is 0 Å². The molecule has 2 N–H and O–H groups in total. The number of hydrogen-bond acceptors (Lipinski definition) is 2. The number of nitrogens with two attached hydrogens (primary N) is 1. The topological polar surface area (TPSA) is 46.3 Å². The average Bonchev–Trinajstić information content (AvgIpc) is 2.88. The third-order valence-corrected chi connectivity index (χ3v) is 4.22. The molecule has 1 saturated heterocycles. The van der Waals surface area contributed by atoms with E-state index in [2.05, 4.69) is 18.7 Å². The maximum absolute atomic E-state index is 12.3. The van der Waals surface area contributed by atoms with Crippen molar-refractivity contribution in [2.75, 3.05) is 13.1 Å². The highest BCUT2D eigenvalue weighted by Crippen LogP contribution is 2.52. The number of piperidine rings is 1. The largest absolute Gasteiger partial charge is 0.339 e. The van der Waals surface area contributed by atoms with Crippen molar-refractivity contribution in [3.63, 3.8) is 0 Å². The summed E-state index contributed by atoms with van der Waals surface area (Å²) in [6, 6.07) is 0.419. The fourth-order valence-corrected chi connectivity index (χ4v) is 2.87. The number of nitrogens with zero attached hydrogens (tertiary/aromatic N) is 1. The van der Waals surface area contributed by atoms with Gasteiger partial charge in [-0.2, -0.15) is 0 Å². The van der Waals surface area contributed by atoms with E-state index in [0.717, 1.165) is 25.8 Å². The highest BCUT2D eigenvalue weighted by atomic mass is 35.5. The van der Waals surface area contributed by atoms with E-state index in [1.165, 1.54) is 12.8 Å². The molecular formula is C13H25ClN2O. The summed E-state index contributed by atoms with van der Waals surface area (Å²) in [5.41, 5.74) is 5.88. The van der Waals surface area contributed by atoms with Crippen molar-refractivity contribution in [2.45, 2.75) is 52.0 Å². The predicted octanol–water partition coefficient (Wildman–Crippen LogP) is 2.18. The van der Waals surface area contributed by atoms with E-state index in [1.807, 2.05) is 0 Å². The van der Waals surface area contributed by atoms with Gasteiger partial charge in [-0.15, -0.1) is 12.4 Å². The quantitative estimate of drug-likeness (QED) is 0.846. The van der Waals surface area contributed by atoms with Gasteiger partial charge in [0.15, 0.2) is 0 Å². The Kier molecular flexibility index (Phi) is 4.85. The molecular weight excluding hydrogens is 236 g/mol. The van der Waals surface area contributed by atoms with Crippen LogP contribution >= 0.6 is 12.4 Å². The molecule has 4 heteroatoms. The molecule has 1 amide bonds. The molecule has 1 saturated carbocycles. The van der Waals surface area contributed by atoms with Crippen LogP contribution in [-0.4, -0.2) is 29.9 Å². The van der Waals surface area contributed by atoms with Gasteiger partial charge in [-0.05, 0) is 44.1 Å². The molecule has 1 aliphatic heterocycles. The predicted molar refractivity (Wildman–Crippen MR) is 72.2 cm³/mol. The molecule has 1 aliphatic carbocycles. The minimum absolute atomic E-state index is 0. The van der Waals surface area contributed by atoms with Gasteiger partial charge < -0.3 is 10.6 Å². The first kappa shape index (κ1) is 14.8. The second kappa shape index (κ2) is 5.57. The van der Waals surface area contributed by atoms with Crippen LogP contribution in [0.15, 0.2) is 0 Å². The molecule has 0 bridgehead atoms. The van der Waals surface area contributed by atoms with Gasteiger partial charge in [0.25, 0.3) is 0 Å². The minimum Gasteiger partial charge on any atom is -0.339 e. The fourth-order valence-electron chi connectivity index (χ4n) is 2.87. The molecule has 0 aromatic carbocycles. The van der Waals surface area contributed by atoms with Crippen LogP contribution in [0.3, 0.4) is 0 Å². The van der Waals surface area contributed by atoms with Crippen LogP contribution in [0.2, 0.25) is 0 Å². The molecule has 2 aliphatic rings. The van der Waals surface area contributed by atoms with Crippen LogP contribution in [0.5, 0.6) is 0 Å². The van der Waals surface area contributed by atoms with Gasteiger partial charge in [-0.3, -0.25) is 4.79 Å². The zero-order chi connectivity index (χ0) is 11.8. The number of carbonyl (C=O) groups is 1. The zero-order valence-electron chi connectivity index (χ0n) is 10.9. The van der Waals surface area contributed by atoms with E-state index in [9.17, 15) is 4.79 Å². The SMILES string of the molecule is CC1(C)CC1C(=O)N1CCCCC1CCN.Cl. The number of carbonyl (C=O) groups excluding carboxylic acids is 1. The minimum atomic E-state index is 0. The molecule has 1 heterocycles. The van der Waals surface area contributed by atoms with Crippen molar-refractivity contribution in [3.8, 4) is 0 Å². The summed E-state index contributed by atoms with van der Waals surface area (Å²) in [5, 5.41) is 0. The molecule has 17 heavy (non-hydrogen) atoms. The van der Waals surface area contributed by atoms with Gasteiger partial charge >= 0.3 is 0 Å². The summed E-state index contributed by atoms with van der Waals surface area (Å²) in [5.74, 6) is 0.675. The summed E-state index contributed by atoms with van der Waals surface area (Å²) in [4.78, 5) is 14.5. The van der Waals surface area contributed by atoms with E-state index < -0.39 is 0 Å². The maximum Gasteiger partial charge on any atom is 0.226 e. The maximum atomic E-state index is 12.3. The van der Waals surface area contributed by atoms with Crippen LogP contribution in [0.25, 0.3) is 0 Å². The number of rotatable bonds is 3. The van der Waals surface area contributed by atoms with E-state index >= 15 is 0 Å². The summed E-state index contributed by atoms with van der Waals surface area (Å²) < 4.78 is 0. The van der Waals surface area contributed by atoms with E-state index in [0.29, 0.717) is 18.5 Å². The highest BCUT2D eigenvalue weighted by molar-refractivity contribution is 5.85. The molecule has 0 radical (unpaired) electrons. The van der Waals surface area contributed by atoms with Gasteiger partial charge in [-0.1, -0.05) is 13.8 Å². The molecule has 0 spiro atoms. The molecule has 0 aromatic heterocycles. The monoisotopic (exact) mass is 260 g/mol. The third-order valence-electron chi connectivity index (χ3n) is 4.22. The Morgan fingerprint density at radius 3 is 2.59 bits per heavy atom. The molecule has 3 nitrogen and oxygen atoms in total. The van der Waals surface area contributed by atoms with Crippen molar-refractivity contribution >= 4 is 18.3 Å². The Labute approximate surface area is 111 Å². The van der Waals surface area contributed by atoms with Crippen LogP contribution in [-0.2, 0) is 4.79 Å². The zero-order valence-corrected chi connectivity index (χ0v) is 11.8. The first-order valence-electron chi connectivity index (χ1n) is 6.57. The molecule has 2 atom stereocenters. The number of amides is 1. The first-order valence-corrected chi connectivity index (χ1v) is 6.57. The lowest BCUT2D eigenvalue weighted by atomic mass is 9.98. The smallest absolute Gasteiger partial charge is 0.226 e. The molecule has 2 fully saturated rings. The van der Waals surface area contributed by atoms with Crippen molar-refractivity contribution in [1.82, 2.24) is 4.90 Å². The van der Waals surface area contributed by atoms with E-state index in [-0.39, 0.29) is 23.7 Å². The second-order valence-electron chi connectivity index (χ2n) is 6.00. The van der Waals surface area contributed by atoms with Gasteiger partial charge in [-0.25, -0.2) is 0 Å². The van der Waals surface area contributed by atoms with Crippen LogP contribution < -0.4 is 5.73 Å². The van der Waals surface area contributed by atoms with Crippen molar-refractivity contribution in [1.29, 1.82) is 0 Å². The van der Waals surface area contributed by atoms with Crippen molar-refractivity contribution < 1.29 is 4.79 Å². The Hall–Kier alpha value is -0.280.